The van der Waals surface area contributed by atoms with Crippen LogP contribution in [0.5, 0.6) is 0 Å². The van der Waals surface area contributed by atoms with E-state index in [9.17, 15) is 9.36 Å². The van der Waals surface area contributed by atoms with Gasteiger partial charge in [-0.3, -0.25) is 9.36 Å². The predicted octanol–water partition coefficient (Wildman–Crippen LogP) is 6.80. The van der Waals surface area contributed by atoms with Crippen molar-refractivity contribution in [1.82, 2.24) is 4.90 Å². The van der Waals surface area contributed by atoms with Gasteiger partial charge in [-0.1, -0.05) is 66.2 Å². The fourth-order valence-electron chi connectivity index (χ4n) is 3.81. The minimum absolute atomic E-state index is 0.0723. The first kappa shape index (κ1) is 27.6. The van der Waals surface area contributed by atoms with Crippen molar-refractivity contribution in [3.63, 3.8) is 0 Å². The maximum Gasteiger partial charge on any atom is 0.340 e. The van der Waals surface area contributed by atoms with Gasteiger partial charge in [-0.2, -0.15) is 0 Å². The molecule has 2 atom stereocenters. The molecular formula is C22H46NO4P. The highest BCUT2D eigenvalue weighted by Gasteiger charge is 2.35. The van der Waals surface area contributed by atoms with Crippen LogP contribution in [0.2, 0.25) is 0 Å². The molecule has 0 fully saturated rings. The molecule has 1 amide bonds. The van der Waals surface area contributed by atoms with Gasteiger partial charge in [0.15, 0.2) is 0 Å². The van der Waals surface area contributed by atoms with Crippen molar-refractivity contribution in [2.24, 2.45) is 0 Å². The molecule has 0 aromatic rings. The SMILES string of the molecule is CCCCCC(CC)N(C(=O)CP(=O)(OCC)OCC)C(CC)CCCCC. The summed E-state index contributed by atoms with van der Waals surface area (Å²) < 4.78 is 23.8. The second-order valence-corrected chi connectivity index (χ2v) is 9.58. The largest absolute Gasteiger partial charge is 0.340 e. The molecule has 0 heterocycles. The Balaban J connectivity index is 5.51. The van der Waals surface area contributed by atoms with Crippen molar-refractivity contribution in [3.05, 3.63) is 0 Å². The van der Waals surface area contributed by atoms with Gasteiger partial charge in [-0.25, -0.2) is 0 Å². The van der Waals surface area contributed by atoms with Crippen molar-refractivity contribution >= 4 is 13.5 Å². The maximum atomic E-state index is 13.4. The number of carbonyl (C=O) groups is 1. The normalized spacial score (nSPS) is 14.1. The van der Waals surface area contributed by atoms with Crippen molar-refractivity contribution in [2.45, 2.75) is 118 Å². The van der Waals surface area contributed by atoms with E-state index in [-0.39, 0.29) is 37.4 Å². The van der Waals surface area contributed by atoms with Crippen molar-refractivity contribution in [1.29, 1.82) is 0 Å². The molecule has 0 saturated heterocycles. The van der Waals surface area contributed by atoms with Crippen LogP contribution in [0.3, 0.4) is 0 Å². The van der Waals surface area contributed by atoms with Crippen molar-refractivity contribution in [3.8, 4) is 0 Å². The molecule has 0 radical (unpaired) electrons. The lowest BCUT2D eigenvalue weighted by Gasteiger charge is -2.38. The van der Waals surface area contributed by atoms with Crippen LogP contribution >= 0.6 is 7.60 Å². The van der Waals surface area contributed by atoms with Gasteiger partial charge >= 0.3 is 7.60 Å². The molecule has 0 aliphatic carbocycles. The fourth-order valence-corrected chi connectivity index (χ4v) is 5.35. The molecule has 168 valence electrons. The van der Waals surface area contributed by atoms with Crippen LogP contribution in [-0.2, 0) is 18.4 Å². The lowest BCUT2D eigenvalue weighted by molar-refractivity contribution is -0.134. The van der Waals surface area contributed by atoms with Gasteiger partial charge in [0.2, 0.25) is 5.91 Å². The van der Waals surface area contributed by atoms with E-state index in [4.69, 9.17) is 9.05 Å². The monoisotopic (exact) mass is 419 g/mol. The van der Waals surface area contributed by atoms with Gasteiger partial charge in [0.1, 0.15) is 6.16 Å². The maximum absolute atomic E-state index is 13.4. The summed E-state index contributed by atoms with van der Waals surface area (Å²) in [7, 11) is -3.38. The minimum atomic E-state index is -3.38. The van der Waals surface area contributed by atoms with Crippen LogP contribution in [0.4, 0.5) is 0 Å². The first-order valence-corrected chi connectivity index (χ1v) is 13.3. The number of amides is 1. The zero-order valence-electron chi connectivity index (χ0n) is 19.4. The van der Waals surface area contributed by atoms with E-state index < -0.39 is 7.60 Å². The Morgan fingerprint density at radius 2 is 1.21 bits per heavy atom. The summed E-state index contributed by atoms with van der Waals surface area (Å²) >= 11 is 0. The third-order valence-corrected chi connectivity index (χ3v) is 7.24. The summed E-state index contributed by atoms with van der Waals surface area (Å²) in [6.07, 6.45) is 10.7. The van der Waals surface area contributed by atoms with Crippen LogP contribution in [-0.4, -0.2) is 42.3 Å². The van der Waals surface area contributed by atoms with E-state index in [0.717, 1.165) is 38.5 Å². The predicted molar refractivity (Wildman–Crippen MR) is 119 cm³/mol. The van der Waals surface area contributed by atoms with Crippen molar-refractivity contribution < 1.29 is 18.4 Å². The van der Waals surface area contributed by atoms with E-state index >= 15 is 0 Å². The topological polar surface area (TPSA) is 55.8 Å². The number of hydrogen-bond acceptors (Lipinski definition) is 4. The average molecular weight is 420 g/mol. The molecule has 0 aromatic carbocycles. The van der Waals surface area contributed by atoms with Gasteiger partial charge in [-0.05, 0) is 39.5 Å². The Morgan fingerprint density at radius 1 is 0.786 bits per heavy atom. The fraction of sp³-hybridized carbons (Fsp3) is 0.955. The Kier molecular flexibility index (Phi) is 16.2. The highest BCUT2D eigenvalue weighted by molar-refractivity contribution is 7.54. The second-order valence-electron chi connectivity index (χ2n) is 7.52. The quantitative estimate of drug-likeness (QED) is 0.181. The lowest BCUT2D eigenvalue weighted by atomic mass is 9.98. The van der Waals surface area contributed by atoms with Gasteiger partial charge in [0, 0.05) is 12.1 Å². The highest BCUT2D eigenvalue weighted by atomic mass is 31.2. The first-order valence-electron chi connectivity index (χ1n) is 11.6. The standard InChI is InChI=1S/C22H46NO4P/c1-7-13-15-17-20(9-3)23(21(10-4)18-16-14-8-2)22(24)19-28(25,26-11-5)27-12-6/h20-21H,7-19H2,1-6H3. The van der Waals surface area contributed by atoms with Crippen LogP contribution in [0.1, 0.15) is 106 Å². The van der Waals surface area contributed by atoms with Gasteiger partial charge in [-0.15, -0.1) is 0 Å². The number of hydrogen-bond donors (Lipinski definition) is 0. The Labute approximate surface area is 174 Å². The van der Waals surface area contributed by atoms with E-state index in [1.807, 2.05) is 0 Å². The molecule has 0 aromatic heterocycles. The van der Waals surface area contributed by atoms with Crippen LogP contribution in [0.15, 0.2) is 0 Å². The van der Waals surface area contributed by atoms with E-state index in [1.165, 1.54) is 25.7 Å². The van der Waals surface area contributed by atoms with Crippen LogP contribution in [0.25, 0.3) is 0 Å². The molecule has 0 saturated carbocycles. The molecular weight excluding hydrogens is 373 g/mol. The van der Waals surface area contributed by atoms with Gasteiger partial charge in [0.05, 0.1) is 13.2 Å². The molecule has 0 aliphatic heterocycles. The summed E-state index contributed by atoms with van der Waals surface area (Å²) in [5, 5.41) is 0. The molecule has 5 nitrogen and oxygen atoms in total. The highest BCUT2D eigenvalue weighted by Crippen LogP contribution is 2.48. The zero-order chi connectivity index (χ0) is 21.4. The Bertz CT molecular complexity index is 416. The summed E-state index contributed by atoms with van der Waals surface area (Å²) in [5.41, 5.74) is 0. The second kappa shape index (κ2) is 16.4. The molecule has 28 heavy (non-hydrogen) atoms. The Morgan fingerprint density at radius 3 is 1.54 bits per heavy atom. The number of unbranched alkanes of at least 4 members (excludes halogenated alkanes) is 4. The summed E-state index contributed by atoms with van der Waals surface area (Å²) in [4.78, 5) is 15.4. The average Bonchev–Trinajstić information content (AvgIpc) is 2.65. The Hall–Kier alpha value is -0.380. The first-order chi connectivity index (χ1) is 13.4. The summed E-state index contributed by atoms with van der Waals surface area (Å²) in [5.74, 6) is -0.0723. The van der Waals surface area contributed by atoms with E-state index in [2.05, 4.69) is 32.6 Å². The van der Waals surface area contributed by atoms with E-state index in [1.54, 1.807) is 13.8 Å². The third-order valence-electron chi connectivity index (χ3n) is 5.28. The van der Waals surface area contributed by atoms with E-state index in [0.29, 0.717) is 0 Å². The molecule has 0 aliphatic rings. The number of carbonyl (C=O) groups excluding carboxylic acids is 1. The van der Waals surface area contributed by atoms with Crippen LogP contribution in [0, 0.1) is 0 Å². The van der Waals surface area contributed by atoms with Gasteiger partial charge in [0.25, 0.3) is 0 Å². The lowest BCUT2D eigenvalue weighted by Crippen LogP contribution is -2.48. The smallest absolute Gasteiger partial charge is 0.336 e. The molecule has 0 rings (SSSR count). The molecule has 0 spiro atoms. The van der Waals surface area contributed by atoms with Crippen molar-refractivity contribution in [2.75, 3.05) is 19.4 Å². The van der Waals surface area contributed by atoms with Gasteiger partial charge < -0.3 is 13.9 Å². The third kappa shape index (κ3) is 10.4. The summed E-state index contributed by atoms with van der Waals surface area (Å²) in [6, 6.07) is 0.393. The minimum Gasteiger partial charge on any atom is -0.336 e. The molecule has 0 N–H and O–H groups in total. The molecule has 0 bridgehead atoms. The number of nitrogens with zero attached hydrogens (tertiary/aromatic N) is 1. The zero-order valence-corrected chi connectivity index (χ0v) is 20.3. The number of rotatable bonds is 18. The summed E-state index contributed by atoms with van der Waals surface area (Å²) in [6.45, 7) is 12.8. The molecule has 2 unspecified atom stereocenters. The molecule has 6 heteroatoms. The van der Waals surface area contributed by atoms with Crippen LogP contribution < -0.4 is 0 Å².